The molecule has 0 saturated heterocycles. The molecule has 0 N–H and O–H groups in total. The summed E-state index contributed by atoms with van der Waals surface area (Å²) < 4.78 is 9.29. The molecular weight excluding hydrogens is 256 g/mol. The molecule has 1 aromatic rings. The molecule has 1 aromatic carbocycles. The SMILES string of the molecule is CCOC(=O)COC(=O)/C=C/c1cccc(Cl)c1. The Balaban J connectivity index is 2.42. The first kappa shape index (κ1) is 14.3. The second kappa shape index (κ2) is 7.50. The standard InChI is InChI=1S/C13H13ClO4/c1-2-17-13(16)9-18-12(15)7-6-10-4-3-5-11(14)8-10/h3-8H,2,9H2,1H3/b7-6+. The van der Waals surface area contributed by atoms with Crippen molar-refractivity contribution in [2.75, 3.05) is 13.2 Å². The van der Waals surface area contributed by atoms with E-state index in [0.29, 0.717) is 5.02 Å². The van der Waals surface area contributed by atoms with Gasteiger partial charge in [-0.1, -0.05) is 23.7 Å². The van der Waals surface area contributed by atoms with E-state index in [1.54, 1.807) is 37.3 Å². The van der Waals surface area contributed by atoms with E-state index in [2.05, 4.69) is 9.47 Å². The van der Waals surface area contributed by atoms with Crippen molar-refractivity contribution in [3.63, 3.8) is 0 Å². The fourth-order valence-electron chi connectivity index (χ4n) is 1.16. The van der Waals surface area contributed by atoms with Gasteiger partial charge in [0.05, 0.1) is 6.61 Å². The Morgan fingerprint density at radius 3 is 2.78 bits per heavy atom. The third-order valence-corrected chi connectivity index (χ3v) is 2.13. The Hall–Kier alpha value is -1.81. The Morgan fingerprint density at radius 2 is 2.11 bits per heavy atom. The van der Waals surface area contributed by atoms with Crippen LogP contribution in [0.3, 0.4) is 0 Å². The lowest BCUT2D eigenvalue weighted by Gasteiger charge is -2.01. The first-order valence-electron chi connectivity index (χ1n) is 5.38. The van der Waals surface area contributed by atoms with Crippen LogP contribution >= 0.6 is 11.6 Å². The number of hydrogen-bond acceptors (Lipinski definition) is 4. The summed E-state index contributed by atoms with van der Waals surface area (Å²) in [5.74, 6) is -1.18. The highest BCUT2D eigenvalue weighted by molar-refractivity contribution is 6.30. The summed E-state index contributed by atoms with van der Waals surface area (Å²) in [5, 5.41) is 0.581. The molecule has 0 radical (unpaired) electrons. The van der Waals surface area contributed by atoms with Gasteiger partial charge >= 0.3 is 11.9 Å². The molecule has 0 aliphatic heterocycles. The lowest BCUT2D eigenvalue weighted by molar-refractivity contribution is -0.155. The van der Waals surface area contributed by atoms with E-state index < -0.39 is 11.9 Å². The minimum Gasteiger partial charge on any atom is -0.463 e. The predicted octanol–water partition coefficient (Wildman–Crippen LogP) is 2.46. The molecule has 0 atom stereocenters. The van der Waals surface area contributed by atoms with Gasteiger partial charge < -0.3 is 9.47 Å². The molecule has 0 saturated carbocycles. The van der Waals surface area contributed by atoms with Gasteiger partial charge in [0, 0.05) is 11.1 Å². The number of esters is 2. The van der Waals surface area contributed by atoms with E-state index >= 15 is 0 Å². The third kappa shape index (κ3) is 5.50. The second-order valence-corrected chi connectivity index (χ2v) is 3.74. The number of ether oxygens (including phenoxy) is 2. The van der Waals surface area contributed by atoms with Crippen LogP contribution in [0.1, 0.15) is 12.5 Å². The smallest absolute Gasteiger partial charge is 0.344 e. The van der Waals surface area contributed by atoms with Crippen molar-refractivity contribution in [2.45, 2.75) is 6.92 Å². The van der Waals surface area contributed by atoms with Gasteiger partial charge in [0.25, 0.3) is 0 Å². The minimum absolute atomic E-state index is 0.259. The highest BCUT2D eigenvalue weighted by atomic mass is 35.5. The summed E-state index contributed by atoms with van der Waals surface area (Å²) in [6, 6.07) is 7.00. The maximum Gasteiger partial charge on any atom is 0.344 e. The number of carbonyl (C=O) groups is 2. The van der Waals surface area contributed by atoms with E-state index in [1.807, 2.05) is 0 Å². The van der Waals surface area contributed by atoms with Crippen LogP contribution in [0.15, 0.2) is 30.3 Å². The van der Waals surface area contributed by atoms with Gasteiger partial charge in [0.2, 0.25) is 0 Å². The Morgan fingerprint density at radius 1 is 1.33 bits per heavy atom. The van der Waals surface area contributed by atoms with Gasteiger partial charge in [-0.2, -0.15) is 0 Å². The number of hydrogen-bond donors (Lipinski definition) is 0. The molecule has 18 heavy (non-hydrogen) atoms. The van der Waals surface area contributed by atoms with Crippen molar-refractivity contribution >= 4 is 29.6 Å². The van der Waals surface area contributed by atoms with Gasteiger partial charge in [0.1, 0.15) is 0 Å². The minimum atomic E-state index is -0.608. The molecule has 0 aliphatic rings. The van der Waals surface area contributed by atoms with Gasteiger partial charge in [-0.15, -0.1) is 0 Å². The number of benzene rings is 1. The summed E-state index contributed by atoms with van der Waals surface area (Å²) in [6.45, 7) is 1.56. The molecule has 0 amide bonds. The average molecular weight is 269 g/mol. The number of halogens is 1. The highest BCUT2D eigenvalue weighted by Crippen LogP contribution is 2.11. The van der Waals surface area contributed by atoms with Crippen LogP contribution in [-0.2, 0) is 19.1 Å². The monoisotopic (exact) mass is 268 g/mol. The van der Waals surface area contributed by atoms with Gasteiger partial charge in [-0.25, -0.2) is 9.59 Å². The number of rotatable bonds is 5. The fraction of sp³-hybridized carbons (Fsp3) is 0.231. The lowest BCUT2D eigenvalue weighted by atomic mass is 10.2. The van der Waals surface area contributed by atoms with Crippen LogP contribution in [0.5, 0.6) is 0 Å². The maximum atomic E-state index is 11.3. The molecule has 0 aliphatic carbocycles. The summed E-state index contributed by atoms with van der Waals surface area (Å²) in [5.41, 5.74) is 0.774. The first-order chi connectivity index (χ1) is 8.61. The highest BCUT2D eigenvalue weighted by Gasteiger charge is 2.04. The van der Waals surface area contributed by atoms with Crippen LogP contribution in [0.2, 0.25) is 5.02 Å². The molecular formula is C13H13ClO4. The summed E-state index contributed by atoms with van der Waals surface area (Å²) in [6.07, 6.45) is 2.78. The van der Waals surface area contributed by atoms with E-state index in [-0.39, 0.29) is 13.2 Å². The fourth-order valence-corrected chi connectivity index (χ4v) is 1.35. The van der Waals surface area contributed by atoms with Crippen LogP contribution in [0.25, 0.3) is 6.08 Å². The quantitative estimate of drug-likeness (QED) is 0.608. The predicted molar refractivity (Wildman–Crippen MR) is 68.1 cm³/mol. The van der Waals surface area contributed by atoms with Crippen molar-refractivity contribution in [3.8, 4) is 0 Å². The summed E-state index contributed by atoms with van der Waals surface area (Å²) in [7, 11) is 0. The number of carbonyl (C=O) groups excluding carboxylic acids is 2. The zero-order valence-electron chi connectivity index (χ0n) is 9.89. The molecule has 0 heterocycles. The van der Waals surface area contributed by atoms with Gasteiger partial charge in [-0.05, 0) is 30.7 Å². The molecule has 0 unspecified atom stereocenters. The lowest BCUT2D eigenvalue weighted by Crippen LogP contribution is -2.14. The van der Waals surface area contributed by atoms with Crippen LogP contribution < -0.4 is 0 Å². The maximum absolute atomic E-state index is 11.3. The average Bonchev–Trinajstić information content (AvgIpc) is 2.34. The van der Waals surface area contributed by atoms with Crippen molar-refractivity contribution in [1.82, 2.24) is 0 Å². The van der Waals surface area contributed by atoms with Crippen LogP contribution in [-0.4, -0.2) is 25.2 Å². The van der Waals surface area contributed by atoms with Gasteiger partial charge in [0.15, 0.2) is 6.61 Å². The van der Waals surface area contributed by atoms with E-state index in [4.69, 9.17) is 11.6 Å². The molecule has 96 valence electrons. The molecule has 0 bridgehead atoms. The summed E-state index contributed by atoms with van der Waals surface area (Å²) in [4.78, 5) is 22.2. The topological polar surface area (TPSA) is 52.6 Å². The Kier molecular flexibility index (Phi) is 5.94. The second-order valence-electron chi connectivity index (χ2n) is 3.30. The Bertz CT molecular complexity index is 454. The van der Waals surface area contributed by atoms with Crippen LogP contribution in [0.4, 0.5) is 0 Å². The molecule has 0 spiro atoms. The van der Waals surface area contributed by atoms with E-state index in [0.717, 1.165) is 5.56 Å². The molecule has 4 nitrogen and oxygen atoms in total. The third-order valence-electron chi connectivity index (χ3n) is 1.90. The van der Waals surface area contributed by atoms with Crippen LogP contribution in [0, 0.1) is 0 Å². The normalized spacial score (nSPS) is 10.3. The van der Waals surface area contributed by atoms with Crippen molar-refractivity contribution < 1.29 is 19.1 Å². The zero-order valence-corrected chi connectivity index (χ0v) is 10.6. The first-order valence-corrected chi connectivity index (χ1v) is 5.75. The van der Waals surface area contributed by atoms with E-state index in [1.165, 1.54) is 6.08 Å². The van der Waals surface area contributed by atoms with Gasteiger partial charge in [-0.3, -0.25) is 0 Å². The van der Waals surface area contributed by atoms with E-state index in [9.17, 15) is 9.59 Å². The Labute approximate surface area is 110 Å². The zero-order chi connectivity index (χ0) is 13.4. The summed E-state index contributed by atoms with van der Waals surface area (Å²) >= 11 is 5.79. The molecule has 0 aromatic heterocycles. The molecule has 0 fully saturated rings. The van der Waals surface area contributed by atoms with Crippen molar-refractivity contribution in [3.05, 3.63) is 40.9 Å². The molecule has 5 heteroatoms. The largest absolute Gasteiger partial charge is 0.463 e. The molecule has 1 rings (SSSR count). The van der Waals surface area contributed by atoms with Crippen molar-refractivity contribution in [1.29, 1.82) is 0 Å². The van der Waals surface area contributed by atoms with Crippen molar-refractivity contribution in [2.24, 2.45) is 0 Å².